The largest absolute Gasteiger partial charge is 0.435 e. The van der Waals surface area contributed by atoms with Crippen molar-refractivity contribution in [1.29, 1.82) is 0 Å². The number of aromatic nitrogens is 2. The second kappa shape index (κ2) is 7.26. The van der Waals surface area contributed by atoms with E-state index in [0.29, 0.717) is 25.0 Å². The lowest BCUT2D eigenvalue weighted by atomic mass is 9.95. The lowest BCUT2D eigenvalue weighted by Gasteiger charge is -2.15. The predicted molar refractivity (Wildman–Crippen MR) is 87.6 cm³/mol. The first-order chi connectivity index (χ1) is 12.3. The van der Waals surface area contributed by atoms with E-state index in [4.69, 9.17) is 11.6 Å². The number of hydrogen-bond donors (Lipinski definition) is 1. The van der Waals surface area contributed by atoms with E-state index in [0.717, 1.165) is 18.6 Å². The van der Waals surface area contributed by atoms with Gasteiger partial charge in [0.05, 0.1) is 17.1 Å². The zero-order chi connectivity index (χ0) is 18.9. The van der Waals surface area contributed by atoms with E-state index < -0.39 is 23.6 Å². The Labute approximate surface area is 152 Å². The van der Waals surface area contributed by atoms with E-state index in [2.05, 4.69) is 10.4 Å². The van der Waals surface area contributed by atoms with Gasteiger partial charge in [0.15, 0.2) is 5.69 Å². The van der Waals surface area contributed by atoms with Gasteiger partial charge in [-0.15, -0.1) is 0 Å². The van der Waals surface area contributed by atoms with Crippen LogP contribution in [0.3, 0.4) is 0 Å². The van der Waals surface area contributed by atoms with E-state index in [-0.39, 0.29) is 29.2 Å². The second-order valence-electron chi connectivity index (χ2n) is 6.08. The summed E-state index contributed by atoms with van der Waals surface area (Å²) in [6, 6.07) is 3.39. The summed E-state index contributed by atoms with van der Waals surface area (Å²) >= 11 is 5.83. The molecule has 1 amide bonds. The zero-order valence-electron chi connectivity index (χ0n) is 13.7. The summed E-state index contributed by atoms with van der Waals surface area (Å²) in [6.45, 7) is 0.195. The molecule has 26 heavy (non-hydrogen) atoms. The SMILES string of the molecule is O=C(NCCn1nc(C(F)(F)F)c2c1CCCC2)c1ccc(F)cc1Cl. The quantitative estimate of drug-likeness (QED) is 0.803. The predicted octanol–water partition coefficient (Wildman–Crippen LogP) is 4.00. The maximum absolute atomic E-state index is 13.1. The molecule has 3 rings (SSSR count). The molecule has 0 unspecified atom stereocenters. The standard InChI is InChI=1S/C17H16ClF4N3O/c18-13-9-10(19)5-6-11(13)16(26)23-7-8-25-14-4-2-1-3-12(14)15(24-25)17(20,21)22/h5-6,9H,1-4,7-8H2,(H,23,26). The molecule has 0 saturated heterocycles. The minimum atomic E-state index is -4.49. The molecule has 1 aromatic carbocycles. The van der Waals surface area contributed by atoms with Gasteiger partial charge < -0.3 is 5.32 Å². The highest BCUT2D eigenvalue weighted by atomic mass is 35.5. The molecule has 0 fully saturated rings. The molecule has 0 bridgehead atoms. The lowest BCUT2D eigenvalue weighted by Crippen LogP contribution is -2.28. The van der Waals surface area contributed by atoms with Gasteiger partial charge in [-0.3, -0.25) is 9.48 Å². The number of alkyl halides is 3. The van der Waals surface area contributed by atoms with E-state index >= 15 is 0 Å². The molecule has 0 saturated carbocycles. The highest BCUT2D eigenvalue weighted by Gasteiger charge is 2.39. The van der Waals surface area contributed by atoms with Gasteiger partial charge in [-0.05, 0) is 43.9 Å². The molecule has 140 valence electrons. The highest BCUT2D eigenvalue weighted by Crippen LogP contribution is 2.35. The first-order valence-electron chi connectivity index (χ1n) is 8.16. The van der Waals surface area contributed by atoms with E-state index in [1.807, 2.05) is 0 Å². The van der Waals surface area contributed by atoms with Crippen LogP contribution in [0, 0.1) is 5.82 Å². The third kappa shape index (κ3) is 3.85. The number of benzene rings is 1. The van der Waals surface area contributed by atoms with Crippen LogP contribution < -0.4 is 5.32 Å². The van der Waals surface area contributed by atoms with Crippen molar-refractivity contribution < 1.29 is 22.4 Å². The molecule has 0 radical (unpaired) electrons. The second-order valence-corrected chi connectivity index (χ2v) is 6.49. The summed E-state index contributed by atoms with van der Waals surface area (Å²) in [5.41, 5.74) is 0.112. The van der Waals surface area contributed by atoms with E-state index in [1.165, 1.54) is 10.7 Å². The Morgan fingerprint density at radius 1 is 1.27 bits per heavy atom. The molecule has 1 aliphatic rings. The Kier molecular flexibility index (Phi) is 5.22. The molecule has 2 aromatic rings. The first kappa shape index (κ1) is 18.7. The summed E-state index contributed by atoms with van der Waals surface area (Å²) in [5, 5.41) is 6.27. The number of nitrogens with one attached hydrogen (secondary N) is 1. The molecule has 9 heteroatoms. The Morgan fingerprint density at radius 3 is 2.69 bits per heavy atom. The Balaban J connectivity index is 1.70. The van der Waals surface area contributed by atoms with Gasteiger partial charge in [-0.25, -0.2) is 4.39 Å². The molecule has 1 aliphatic carbocycles. The Hall–Kier alpha value is -2.09. The average Bonchev–Trinajstić information content (AvgIpc) is 2.94. The van der Waals surface area contributed by atoms with Crippen LogP contribution in [0.1, 0.15) is 40.2 Å². The van der Waals surface area contributed by atoms with Crippen LogP contribution in [0.5, 0.6) is 0 Å². The summed E-state index contributed by atoms with van der Waals surface area (Å²) < 4.78 is 53.8. The van der Waals surface area contributed by atoms with Crippen molar-refractivity contribution in [3.05, 3.63) is 51.6 Å². The summed E-state index contributed by atoms with van der Waals surface area (Å²) in [4.78, 5) is 12.1. The van der Waals surface area contributed by atoms with Crippen LogP contribution in [-0.4, -0.2) is 22.2 Å². The number of halogens is 5. The van der Waals surface area contributed by atoms with Gasteiger partial charge in [0, 0.05) is 17.8 Å². The van der Waals surface area contributed by atoms with Crippen LogP contribution in [0.25, 0.3) is 0 Å². The smallest absolute Gasteiger partial charge is 0.350 e. The number of rotatable bonds is 4. The van der Waals surface area contributed by atoms with E-state index in [1.54, 1.807) is 0 Å². The van der Waals surface area contributed by atoms with Gasteiger partial charge in [-0.1, -0.05) is 11.6 Å². The van der Waals surface area contributed by atoms with Crippen molar-refractivity contribution >= 4 is 17.5 Å². The number of carbonyl (C=O) groups excluding carboxylic acids is 1. The van der Waals surface area contributed by atoms with Crippen LogP contribution >= 0.6 is 11.6 Å². The summed E-state index contributed by atoms with van der Waals surface area (Å²) in [6.07, 6.45) is -2.06. The molecule has 0 spiro atoms. The fraction of sp³-hybridized carbons (Fsp3) is 0.412. The molecule has 1 heterocycles. The minimum absolute atomic E-state index is 0.0293. The number of fused-ring (bicyclic) bond motifs is 1. The number of nitrogens with zero attached hydrogens (tertiary/aromatic N) is 2. The zero-order valence-corrected chi connectivity index (χ0v) is 14.4. The van der Waals surface area contributed by atoms with Crippen molar-refractivity contribution in [3.63, 3.8) is 0 Å². The maximum atomic E-state index is 13.1. The molecular weight excluding hydrogens is 374 g/mol. The van der Waals surface area contributed by atoms with Gasteiger partial charge in [0.25, 0.3) is 5.91 Å². The molecule has 0 aliphatic heterocycles. The van der Waals surface area contributed by atoms with E-state index in [9.17, 15) is 22.4 Å². The van der Waals surface area contributed by atoms with Crippen LogP contribution in [0.4, 0.5) is 17.6 Å². The summed E-state index contributed by atoms with van der Waals surface area (Å²) in [7, 11) is 0. The fourth-order valence-corrected chi connectivity index (χ4v) is 3.38. The van der Waals surface area contributed by atoms with Gasteiger partial charge in [-0.2, -0.15) is 18.3 Å². The monoisotopic (exact) mass is 389 g/mol. The molecule has 1 aromatic heterocycles. The third-order valence-corrected chi connectivity index (χ3v) is 4.62. The van der Waals surface area contributed by atoms with Gasteiger partial charge >= 0.3 is 6.18 Å². The molecule has 0 atom stereocenters. The summed E-state index contributed by atoms with van der Waals surface area (Å²) in [5.74, 6) is -1.08. The van der Waals surface area contributed by atoms with Gasteiger partial charge in [0.2, 0.25) is 0 Å². The molecule has 4 nitrogen and oxygen atoms in total. The molecule has 1 N–H and O–H groups in total. The number of carbonyl (C=O) groups is 1. The van der Waals surface area contributed by atoms with Crippen molar-refractivity contribution in [3.8, 4) is 0 Å². The van der Waals surface area contributed by atoms with Crippen LogP contribution in [0.15, 0.2) is 18.2 Å². The van der Waals surface area contributed by atoms with Crippen molar-refractivity contribution in [2.45, 2.75) is 38.4 Å². The molecular formula is C17H16ClF4N3O. The minimum Gasteiger partial charge on any atom is -0.350 e. The Bertz CT molecular complexity index is 832. The van der Waals surface area contributed by atoms with Crippen LogP contribution in [0.2, 0.25) is 5.02 Å². The maximum Gasteiger partial charge on any atom is 0.435 e. The lowest BCUT2D eigenvalue weighted by molar-refractivity contribution is -0.142. The first-order valence-corrected chi connectivity index (χ1v) is 8.54. The van der Waals surface area contributed by atoms with Crippen molar-refractivity contribution in [1.82, 2.24) is 15.1 Å². The Morgan fingerprint density at radius 2 is 2.00 bits per heavy atom. The van der Waals surface area contributed by atoms with Crippen molar-refractivity contribution in [2.24, 2.45) is 0 Å². The normalized spacial score (nSPS) is 14.2. The highest BCUT2D eigenvalue weighted by molar-refractivity contribution is 6.33. The number of hydrogen-bond acceptors (Lipinski definition) is 2. The number of amides is 1. The average molecular weight is 390 g/mol. The topological polar surface area (TPSA) is 46.9 Å². The van der Waals surface area contributed by atoms with Crippen molar-refractivity contribution in [2.75, 3.05) is 6.54 Å². The third-order valence-electron chi connectivity index (χ3n) is 4.31. The van der Waals surface area contributed by atoms with Gasteiger partial charge in [0.1, 0.15) is 5.82 Å². The fourth-order valence-electron chi connectivity index (χ4n) is 3.13. The van der Waals surface area contributed by atoms with Crippen LogP contribution in [-0.2, 0) is 25.6 Å².